The molecule has 0 spiro atoms. The molecule has 1 heteroatoms. The molecular formula is C10H11N. The maximum atomic E-state index is 2.42. The van der Waals surface area contributed by atoms with Crippen LogP contribution in [0, 0.1) is 11.8 Å². The van der Waals surface area contributed by atoms with E-state index in [1.54, 1.807) is 0 Å². The molecule has 2 aliphatic rings. The van der Waals surface area contributed by atoms with Gasteiger partial charge < -0.3 is 4.57 Å². The van der Waals surface area contributed by atoms with Crippen molar-refractivity contribution >= 4 is 12.2 Å². The van der Waals surface area contributed by atoms with Gasteiger partial charge in [0.05, 0.1) is 0 Å². The zero-order chi connectivity index (χ0) is 7.42. The Bertz CT molecular complexity index is 411. The molecule has 0 saturated heterocycles. The van der Waals surface area contributed by atoms with Gasteiger partial charge in [-0.05, 0) is 29.5 Å². The Morgan fingerprint density at radius 3 is 3.09 bits per heavy atom. The fraction of sp³-hybridized carbons (Fsp3) is 0.400. The molecule has 0 radical (unpaired) electrons. The first-order chi connectivity index (χ1) is 5.34. The number of rotatable bonds is 0. The minimum atomic E-state index is 0.871. The van der Waals surface area contributed by atoms with Crippen molar-refractivity contribution in [2.45, 2.75) is 6.42 Å². The number of aryl methyl sites for hydroxylation is 1. The number of fused-ring (bicyclic) bond motifs is 2. The SMILES string of the molecule is Cn1ccc2c1=CC1CC1C=2. The van der Waals surface area contributed by atoms with Gasteiger partial charge in [0.15, 0.2) is 0 Å². The van der Waals surface area contributed by atoms with Crippen molar-refractivity contribution in [2.75, 3.05) is 0 Å². The second-order valence-corrected chi connectivity index (χ2v) is 3.66. The van der Waals surface area contributed by atoms with Gasteiger partial charge in [-0.15, -0.1) is 0 Å². The molecule has 1 heterocycles. The highest BCUT2D eigenvalue weighted by Gasteiger charge is 2.34. The van der Waals surface area contributed by atoms with Crippen molar-refractivity contribution in [3.63, 3.8) is 0 Å². The van der Waals surface area contributed by atoms with E-state index in [2.05, 4.69) is 36.0 Å². The second kappa shape index (κ2) is 1.60. The Morgan fingerprint density at radius 2 is 2.18 bits per heavy atom. The Labute approximate surface area is 65.6 Å². The minimum Gasteiger partial charge on any atom is -0.351 e. The van der Waals surface area contributed by atoms with Gasteiger partial charge in [0.1, 0.15) is 0 Å². The van der Waals surface area contributed by atoms with Crippen molar-refractivity contribution in [3.8, 4) is 0 Å². The molecule has 1 aromatic rings. The average molecular weight is 145 g/mol. The molecule has 56 valence electrons. The normalized spacial score (nSPS) is 31.4. The molecule has 2 unspecified atom stereocenters. The topological polar surface area (TPSA) is 4.93 Å². The van der Waals surface area contributed by atoms with E-state index < -0.39 is 0 Å². The lowest BCUT2D eigenvalue weighted by atomic mass is 10.2. The van der Waals surface area contributed by atoms with Crippen LogP contribution in [-0.4, -0.2) is 4.57 Å². The molecule has 2 atom stereocenters. The van der Waals surface area contributed by atoms with Gasteiger partial charge in [0, 0.05) is 18.6 Å². The van der Waals surface area contributed by atoms with E-state index in [1.807, 2.05) is 0 Å². The van der Waals surface area contributed by atoms with Crippen LogP contribution in [0.5, 0.6) is 0 Å². The summed E-state index contributed by atoms with van der Waals surface area (Å²) in [5.41, 5.74) is 0. The molecule has 0 N–H and O–H groups in total. The highest BCUT2D eigenvalue weighted by molar-refractivity contribution is 5.48. The fourth-order valence-corrected chi connectivity index (χ4v) is 1.97. The largest absolute Gasteiger partial charge is 0.351 e. The molecular weight excluding hydrogens is 134 g/mol. The van der Waals surface area contributed by atoms with Crippen molar-refractivity contribution in [3.05, 3.63) is 22.8 Å². The van der Waals surface area contributed by atoms with Crippen LogP contribution in [0.1, 0.15) is 6.42 Å². The van der Waals surface area contributed by atoms with E-state index in [-0.39, 0.29) is 0 Å². The summed E-state index contributed by atoms with van der Waals surface area (Å²) in [6.07, 6.45) is 8.36. The number of hydrogen-bond donors (Lipinski definition) is 0. The van der Waals surface area contributed by atoms with Crippen molar-refractivity contribution in [2.24, 2.45) is 18.9 Å². The van der Waals surface area contributed by atoms with Crippen LogP contribution in [0.4, 0.5) is 0 Å². The van der Waals surface area contributed by atoms with Crippen LogP contribution in [0.25, 0.3) is 12.2 Å². The molecule has 0 aliphatic heterocycles. The molecule has 1 aromatic heterocycles. The van der Waals surface area contributed by atoms with Gasteiger partial charge in [-0.25, -0.2) is 0 Å². The summed E-state index contributed by atoms with van der Waals surface area (Å²) in [5, 5.41) is 2.86. The third-order valence-electron chi connectivity index (χ3n) is 2.81. The summed E-state index contributed by atoms with van der Waals surface area (Å²) in [6, 6.07) is 2.21. The molecule has 0 aromatic carbocycles. The zero-order valence-electron chi connectivity index (χ0n) is 6.62. The van der Waals surface area contributed by atoms with Crippen molar-refractivity contribution < 1.29 is 0 Å². The zero-order valence-corrected chi connectivity index (χ0v) is 6.62. The maximum Gasteiger partial charge on any atom is 0.0437 e. The summed E-state index contributed by atoms with van der Waals surface area (Å²) in [4.78, 5) is 0. The first-order valence-corrected chi connectivity index (χ1v) is 4.19. The van der Waals surface area contributed by atoms with Gasteiger partial charge in [-0.3, -0.25) is 0 Å². The Kier molecular flexibility index (Phi) is 0.823. The molecule has 2 aliphatic carbocycles. The molecule has 11 heavy (non-hydrogen) atoms. The summed E-state index contributed by atoms with van der Waals surface area (Å²) in [5.74, 6) is 1.75. The second-order valence-electron chi connectivity index (χ2n) is 3.66. The molecule has 0 bridgehead atoms. The third kappa shape index (κ3) is 0.657. The van der Waals surface area contributed by atoms with E-state index in [0.29, 0.717) is 0 Å². The highest BCUT2D eigenvalue weighted by atomic mass is 14.9. The number of aromatic nitrogens is 1. The van der Waals surface area contributed by atoms with E-state index in [0.717, 1.165) is 11.8 Å². The quantitative estimate of drug-likeness (QED) is 0.492. The van der Waals surface area contributed by atoms with E-state index in [1.165, 1.54) is 17.0 Å². The molecule has 0 amide bonds. The highest BCUT2D eigenvalue weighted by Crippen LogP contribution is 2.41. The van der Waals surface area contributed by atoms with Crippen LogP contribution in [-0.2, 0) is 7.05 Å². The van der Waals surface area contributed by atoms with E-state index >= 15 is 0 Å². The number of nitrogens with zero attached hydrogens (tertiary/aromatic N) is 1. The Morgan fingerprint density at radius 1 is 1.36 bits per heavy atom. The van der Waals surface area contributed by atoms with Crippen LogP contribution in [0.3, 0.4) is 0 Å². The van der Waals surface area contributed by atoms with Gasteiger partial charge in [0.25, 0.3) is 0 Å². The average Bonchev–Trinajstić information content (AvgIpc) is 2.68. The number of hydrogen-bond acceptors (Lipinski definition) is 0. The van der Waals surface area contributed by atoms with Crippen LogP contribution >= 0.6 is 0 Å². The lowest BCUT2D eigenvalue weighted by Gasteiger charge is -1.95. The van der Waals surface area contributed by atoms with Crippen LogP contribution in [0.15, 0.2) is 12.3 Å². The molecule has 1 nitrogen and oxygen atoms in total. The molecule has 3 rings (SSSR count). The standard InChI is InChI=1S/C10H11N/c1-11-3-2-7-4-8-5-9(8)6-10(7)11/h2-4,6,8-9H,5H2,1H3. The Hall–Kier alpha value is -0.980. The predicted octanol–water partition coefficient (Wildman–Crippen LogP) is 0.236. The van der Waals surface area contributed by atoms with E-state index in [9.17, 15) is 0 Å². The summed E-state index contributed by atoms with van der Waals surface area (Å²) in [7, 11) is 2.12. The van der Waals surface area contributed by atoms with Gasteiger partial charge in [-0.2, -0.15) is 0 Å². The molecule has 1 fully saturated rings. The van der Waals surface area contributed by atoms with Crippen LogP contribution < -0.4 is 10.6 Å². The summed E-state index contributed by atoms with van der Waals surface area (Å²) < 4.78 is 2.21. The monoisotopic (exact) mass is 145 g/mol. The maximum absolute atomic E-state index is 2.42. The van der Waals surface area contributed by atoms with Crippen LogP contribution in [0.2, 0.25) is 0 Å². The van der Waals surface area contributed by atoms with Crippen molar-refractivity contribution in [1.29, 1.82) is 0 Å². The van der Waals surface area contributed by atoms with Crippen molar-refractivity contribution in [1.82, 2.24) is 4.57 Å². The lowest BCUT2D eigenvalue weighted by Crippen LogP contribution is -2.29. The predicted molar refractivity (Wildman–Crippen MR) is 45.2 cm³/mol. The minimum absolute atomic E-state index is 0.871. The molecule has 1 saturated carbocycles. The fourth-order valence-electron chi connectivity index (χ4n) is 1.97. The first kappa shape index (κ1) is 5.64. The summed E-state index contributed by atoms with van der Waals surface area (Å²) >= 11 is 0. The summed E-state index contributed by atoms with van der Waals surface area (Å²) in [6.45, 7) is 0. The lowest BCUT2D eigenvalue weighted by molar-refractivity contribution is 0.873. The van der Waals surface area contributed by atoms with E-state index in [4.69, 9.17) is 0 Å². The van der Waals surface area contributed by atoms with Gasteiger partial charge >= 0.3 is 0 Å². The Balaban J connectivity index is 2.45. The smallest absolute Gasteiger partial charge is 0.0437 e. The third-order valence-corrected chi connectivity index (χ3v) is 2.81. The van der Waals surface area contributed by atoms with Gasteiger partial charge in [-0.1, -0.05) is 12.2 Å². The van der Waals surface area contributed by atoms with Gasteiger partial charge in [0.2, 0.25) is 0 Å². The first-order valence-electron chi connectivity index (χ1n) is 4.19.